The van der Waals surface area contributed by atoms with Crippen LogP contribution in [0.1, 0.15) is 38.6 Å². The summed E-state index contributed by atoms with van der Waals surface area (Å²) in [4.78, 5) is 25.3. The van der Waals surface area contributed by atoms with E-state index in [1.807, 2.05) is 24.8 Å². The number of hydrogen-bond donors (Lipinski definition) is 3. The van der Waals surface area contributed by atoms with Gasteiger partial charge in [0.05, 0.1) is 12.4 Å². The highest BCUT2D eigenvalue weighted by atomic mass is 32.1. The molecule has 2 aliphatic rings. The van der Waals surface area contributed by atoms with E-state index in [1.54, 1.807) is 0 Å². The lowest BCUT2D eigenvalue weighted by molar-refractivity contribution is 0.0938. The molecular formula is C24H28F2N6OS. The predicted octanol–water partition coefficient (Wildman–Crippen LogP) is 3.05. The zero-order valence-corrected chi connectivity index (χ0v) is 20.0. The SMILES string of the molecule is Cc1cc(C)c2c(N)c(C(=O)NC3CCc4nc(N5CC(N)C(CF)C5)cc(F)c4C3)sc2n1. The Morgan fingerprint density at radius 2 is 2.09 bits per heavy atom. The molecular weight excluding hydrogens is 458 g/mol. The molecule has 1 aliphatic heterocycles. The topological polar surface area (TPSA) is 110 Å². The van der Waals surface area contributed by atoms with Crippen molar-refractivity contribution in [1.29, 1.82) is 0 Å². The zero-order valence-electron chi connectivity index (χ0n) is 19.2. The van der Waals surface area contributed by atoms with E-state index in [0.29, 0.717) is 60.0 Å². The lowest BCUT2D eigenvalue weighted by atomic mass is 9.91. The van der Waals surface area contributed by atoms with Crippen molar-refractivity contribution in [3.63, 3.8) is 0 Å². The summed E-state index contributed by atoms with van der Waals surface area (Å²) in [5, 5.41) is 3.84. The molecule has 0 aromatic carbocycles. The fourth-order valence-electron chi connectivity index (χ4n) is 5.08. The number of nitrogens with one attached hydrogen (secondary N) is 1. The van der Waals surface area contributed by atoms with Crippen molar-refractivity contribution in [2.45, 2.75) is 45.2 Å². The Morgan fingerprint density at radius 3 is 2.82 bits per heavy atom. The molecule has 0 bridgehead atoms. The van der Waals surface area contributed by atoms with Gasteiger partial charge in [0.2, 0.25) is 0 Å². The molecule has 1 fully saturated rings. The molecule has 0 saturated carbocycles. The number of fused-ring (bicyclic) bond motifs is 2. The van der Waals surface area contributed by atoms with Crippen molar-refractivity contribution in [3.05, 3.63) is 45.3 Å². The van der Waals surface area contributed by atoms with Gasteiger partial charge in [-0.05, 0) is 44.7 Å². The molecule has 0 radical (unpaired) electrons. The molecule has 3 aromatic rings. The lowest BCUT2D eigenvalue weighted by Gasteiger charge is -2.27. The van der Waals surface area contributed by atoms with Crippen molar-refractivity contribution in [2.75, 3.05) is 30.4 Å². The second-order valence-corrected chi connectivity index (χ2v) is 10.4. The second kappa shape index (κ2) is 8.74. The van der Waals surface area contributed by atoms with Gasteiger partial charge in [0, 0.05) is 59.5 Å². The Morgan fingerprint density at radius 1 is 1.29 bits per heavy atom. The number of pyridine rings is 2. The van der Waals surface area contributed by atoms with Gasteiger partial charge in [0.15, 0.2) is 0 Å². The van der Waals surface area contributed by atoms with Crippen LogP contribution in [0.4, 0.5) is 20.3 Å². The fraction of sp³-hybridized carbons (Fsp3) is 0.458. The van der Waals surface area contributed by atoms with Crippen molar-refractivity contribution >= 4 is 39.0 Å². The summed E-state index contributed by atoms with van der Waals surface area (Å²) in [6.45, 7) is 4.27. The van der Waals surface area contributed by atoms with Gasteiger partial charge >= 0.3 is 0 Å². The minimum Gasteiger partial charge on any atom is -0.397 e. The van der Waals surface area contributed by atoms with Crippen molar-refractivity contribution in [1.82, 2.24) is 15.3 Å². The number of halogens is 2. The summed E-state index contributed by atoms with van der Waals surface area (Å²) in [6.07, 6.45) is 1.54. The molecule has 3 aromatic heterocycles. The highest BCUT2D eigenvalue weighted by molar-refractivity contribution is 7.21. The number of nitrogen functional groups attached to an aromatic ring is 1. The second-order valence-electron chi connectivity index (χ2n) is 9.39. The number of aryl methyl sites for hydroxylation is 3. The van der Waals surface area contributed by atoms with Gasteiger partial charge < -0.3 is 21.7 Å². The van der Waals surface area contributed by atoms with Crippen LogP contribution in [0.15, 0.2) is 12.1 Å². The molecule has 5 rings (SSSR count). The van der Waals surface area contributed by atoms with E-state index >= 15 is 4.39 Å². The Bertz CT molecular complexity index is 1280. The molecule has 10 heteroatoms. The van der Waals surface area contributed by atoms with Gasteiger partial charge in [-0.15, -0.1) is 11.3 Å². The number of anilines is 2. The van der Waals surface area contributed by atoms with Crippen LogP contribution in [-0.4, -0.2) is 47.7 Å². The third-order valence-electron chi connectivity index (χ3n) is 6.90. The van der Waals surface area contributed by atoms with E-state index in [-0.39, 0.29) is 29.7 Å². The Labute approximate surface area is 200 Å². The minimum absolute atomic E-state index is 0.223. The number of aromatic nitrogens is 2. The van der Waals surface area contributed by atoms with Crippen LogP contribution in [0.3, 0.4) is 0 Å². The first-order valence-corrected chi connectivity index (χ1v) is 12.3. The van der Waals surface area contributed by atoms with Gasteiger partial charge in [0.25, 0.3) is 5.91 Å². The van der Waals surface area contributed by atoms with Crippen LogP contribution in [0.5, 0.6) is 0 Å². The number of carbonyl (C=O) groups is 1. The maximum atomic E-state index is 15.1. The molecule has 3 unspecified atom stereocenters. The largest absolute Gasteiger partial charge is 0.397 e. The maximum Gasteiger partial charge on any atom is 0.263 e. The van der Waals surface area contributed by atoms with Crippen LogP contribution in [0.2, 0.25) is 0 Å². The number of rotatable bonds is 4. The molecule has 4 heterocycles. The van der Waals surface area contributed by atoms with Gasteiger partial charge in [-0.1, -0.05) is 0 Å². The number of alkyl halides is 1. The van der Waals surface area contributed by atoms with Gasteiger partial charge in [-0.3, -0.25) is 9.18 Å². The van der Waals surface area contributed by atoms with E-state index in [0.717, 1.165) is 21.5 Å². The predicted molar refractivity (Wildman–Crippen MR) is 131 cm³/mol. The molecule has 0 spiro atoms. The number of hydrogen-bond acceptors (Lipinski definition) is 7. The van der Waals surface area contributed by atoms with E-state index in [2.05, 4.69) is 15.3 Å². The highest BCUT2D eigenvalue weighted by Gasteiger charge is 2.33. The summed E-state index contributed by atoms with van der Waals surface area (Å²) in [5.41, 5.74) is 15.8. The fourth-order valence-corrected chi connectivity index (χ4v) is 6.20. The molecule has 3 atom stereocenters. The van der Waals surface area contributed by atoms with Crippen LogP contribution < -0.4 is 21.7 Å². The van der Waals surface area contributed by atoms with Crippen LogP contribution in [-0.2, 0) is 12.8 Å². The number of nitrogens with zero attached hydrogens (tertiary/aromatic N) is 3. The highest BCUT2D eigenvalue weighted by Crippen LogP contribution is 2.35. The molecule has 1 saturated heterocycles. The number of nitrogens with two attached hydrogens (primary N) is 2. The maximum absolute atomic E-state index is 15.1. The van der Waals surface area contributed by atoms with Gasteiger partial charge in [0.1, 0.15) is 21.3 Å². The standard InChI is InChI=1S/C24H28F2N6OS/c1-11-5-12(2)29-24-20(11)21(28)22(34-24)23(33)30-14-3-4-18-15(6-14)16(26)7-19(31-18)32-9-13(8-25)17(27)10-32/h5,7,13-14,17H,3-4,6,8-10,27-28H2,1-2H3,(H,30,33). The Hall–Kier alpha value is -2.85. The van der Waals surface area contributed by atoms with Crippen LogP contribution in [0.25, 0.3) is 10.2 Å². The van der Waals surface area contributed by atoms with Gasteiger partial charge in [-0.2, -0.15) is 0 Å². The van der Waals surface area contributed by atoms with Crippen LogP contribution >= 0.6 is 11.3 Å². The van der Waals surface area contributed by atoms with E-state index in [9.17, 15) is 9.18 Å². The Balaban J connectivity index is 1.33. The summed E-state index contributed by atoms with van der Waals surface area (Å²) in [5.74, 6) is -0.377. The summed E-state index contributed by atoms with van der Waals surface area (Å²) in [7, 11) is 0. The minimum atomic E-state index is -0.494. The molecule has 34 heavy (non-hydrogen) atoms. The summed E-state index contributed by atoms with van der Waals surface area (Å²) >= 11 is 1.28. The first kappa shape index (κ1) is 22.9. The molecule has 5 N–H and O–H groups in total. The molecule has 7 nitrogen and oxygen atoms in total. The molecule has 180 valence electrons. The van der Waals surface area contributed by atoms with Crippen LogP contribution in [0, 0.1) is 25.6 Å². The summed E-state index contributed by atoms with van der Waals surface area (Å²) < 4.78 is 28.2. The monoisotopic (exact) mass is 486 g/mol. The Kier molecular flexibility index (Phi) is 5.89. The lowest BCUT2D eigenvalue weighted by Crippen LogP contribution is -2.39. The smallest absolute Gasteiger partial charge is 0.263 e. The number of carbonyl (C=O) groups excluding carboxylic acids is 1. The third kappa shape index (κ3) is 3.98. The van der Waals surface area contributed by atoms with E-state index in [1.165, 1.54) is 17.4 Å². The average molecular weight is 487 g/mol. The molecule has 1 amide bonds. The van der Waals surface area contributed by atoms with Crippen molar-refractivity contribution < 1.29 is 13.6 Å². The normalized spacial score (nSPS) is 22.3. The van der Waals surface area contributed by atoms with E-state index < -0.39 is 6.67 Å². The van der Waals surface area contributed by atoms with Crippen molar-refractivity contribution in [2.24, 2.45) is 11.7 Å². The number of amides is 1. The first-order valence-electron chi connectivity index (χ1n) is 11.5. The quantitative estimate of drug-likeness (QED) is 0.523. The summed E-state index contributed by atoms with van der Waals surface area (Å²) in [6, 6.07) is 2.84. The third-order valence-corrected chi connectivity index (χ3v) is 8.00. The number of thiophene rings is 1. The van der Waals surface area contributed by atoms with E-state index in [4.69, 9.17) is 11.5 Å². The average Bonchev–Trinajstić information content (AvgIpc) is 3.33. The molecule has 1 aliphatic carbocycles. The zero-order chi connectivity index (χ0) is 24.1. The van der Waals surface area contributed by atoms with Crippen molar-refractivity contribution in [3.8, 4) is 0 Å². The first-order chi connectivity index (χ1) is 16.2. The van der Waals surface area contributed by atoms with Gasteiger partial charge in [-0.25, -0.2) is 14.4 Å².